The number of amides is 2. The van der Waals surface area contributed by atoms with Gasteiger partial charge in [-0.3, -0.25) is 9.59 Å². The largest absolute Gasteiger partial charge is 0.397 e. The maximum absolute atomic E-state index is 11.7. The van der Waals surface area contributed by atoms with Crippen LogP contribution in [0.15, 0.2) is 0 Å². The third-order valence-electron chi connectivity index (χ3n) is 3.06. The molecule has 0 aliphatic carbocycles. The molecule has 0 spiro atoms. The number of thiophene rings is 1. The summed E-state index contributed by atoms with van der Waals surface area (Å²) in [6.07, 6.45) is 0. The van der Waals surface area contributed by atoms with Crippen LogP contribution in [0.2, 0.25) is 0 Å². The molecule has 2 amide bonds. The summed E-state index contributed by atoms with van der Waals surface area (Å²) in [5, 5.41) is 6.15. The highest BCUT2D eigenvalue weighted by atomic mass is 32.1. The van der Waals surface area contributed by atoms with Gasteiger partial charge in [0.2, 0.25) is 0 Å². The van der Waals surface area contributed by atoms with Crippen LogP contribution in [0.3, 0.4) is 0 Å². The van der Waals surface area contributed by atoms with Gasteiger partial charge < -0.3 is 27.0 Å². The molecule has 0 aliphatic heterocycles. The summed E-state index contributed by atoms with van der Waals surface area (Å²) in [6, 6.07) is 0.252. The Morgan fingerprint density at radius 1 is 1.40 bits per heavy atom. The highest BCUT2D eigenvalue weighted by Gasteiger charge is 2.23. The van der Waals surface area contributed by atoms with Gasteiger partial charge in [0, 0.05) is 19.6 Å². The highest BCUT2D eigenvalue weighted by molar-refractivity contribution is 7.19. The maximum Gasteiger partial charge on any atom is 0.263 e. The quantitative estimate of drug-likeness (QED) is 0.597. The number of rotatable bonds is 6. The number of hydrogen-bond donors (Lipinski definition) is 4. The van der Waals surface area contributed by atoms with Crippen LogP contribution in [0.25, 0.3) is 0 Å². The molecule has 1 unspecified atom stereocenters. The molecule has 6 N–H and O–H groups in total. The zero-order valence-electron chi connectivity index (χ0n) is 12.1. The van der Waals surface area contributed by atoms with E-state index in [0.717, 1.165) is 11.3 Å². The van der Waals surface area contributed by atoms with Gasteiger partial charge in [0.1, 0.15) is 9.88 Å². The SMILES string of the molecule is CNC(=O)c1sc(NCC(C)N(C)C)c(C(N)=O)c1N. The molecule has 1 rings (SSSR count). The van der Waals surface area contributed by atoms with Crippen molar-refractivity contribution in [3.05, 3.63) is 10.4 Å². The summed E-state index contributed by atoms with van der Waals surface area (Å²) in [7, 11) is 5.42. The van der Waals surface area contributed by atoms with Crippen molar-refractivity contribution in [3.63, 3.8) is 0 Å². The standard InChI is InChI=1S/C12H21N5O2S/c1-6(17(3)4)5-16-12-7(10(14)18)8(13)9(20-12)11(19)15-2/h6,16H,5,13H2,1-4H3,(H2,14,18)(H,15,19). The van der Waals surface area contributed by atoms with Crippen LogP contribution in [-0.2, 0) is 0 Å². The van der Waals surface area contributed by atoms with Crippen molar-refractivity contribution in [3.8, 4) is 0 Å². The van der Waals surface area contributed by atoms with Crippen LogP contribution in [0, 0.1) is 0 Å². The molecule has 20 heavy (non-hydrogen) atoms. The van der Waals surface area contributed by atoms with Crippen LogP contribution in [0.4, 0.5) is 10.7 Å². The Bertz CT molecular complexity index is 512. The zero-order chi connectivity index (χ0) is 15.4. The Labute approximate surface area is 122 Å². The van der Waals surface area contributed by atoms with Crippen molar-refractivity contribution < 1.29 is 9.59 Å². The lowest BCUT2D eigenvalue weighted by Gasteiger charge is -2.20. The van der Waals surface area contributed by atoms with Crippen LogP contribution < -0.4 is 22.1 Å². The van der Waals surface area contributed by atoms with Gasteiger partial charge in [-0.2, -0.15) is 0 Å². The summed E-state index contributed by atoms with van der Waals surface area (Å²) in [4.78, 5) is 25.5. The van der Waals surface area contributed by atoms with Gasteiger partial charge in [-0.25, -0.2) is 0 Å². The van der Waals surface area contributed by atoms with Gasteiger partial charge in [-0.05, 0) is 21.0 Å². The van der Waals surface area contributed by atoms with Crippen LogP contribution in [0.5, 0.6) is 0 Å². The number of hydrogen-bond acceptors (Lipinski definition) is 6. The molecule has 0 bridgehead atoms. The summed E-state index contributed by atoms with van der Waals surface area (Å²) in [6.45, 7) is 2.65. The molecular formula is C12H21N5O2S. The van der Waals surface area contributed by atoms with Crippen molar-refractivity contribution in [2.45, 2.75) is 13.0 Å². The molecule has 0 aliphatic rings. The monoisotopic (exact) mass is 299 g/mol. The Kier molecular flexibility index (Phi) is 5.34. The van der Waals surface area contributed by atoms with E-state index in [1.54, 1.807) is 0 Å². The summed E-state index contributed by atoms with van der Waals surface area (Å²) >= 11 is 1.13. The first-order valence-electron chi connectivity index (χ1n) is 6.14. The maximum atomic E-state index is 11.7. The number of anilines is 2. The van der Waals surface area contributed by atoms with E-state index in [-0.39, 0.29) is 23.2 Å². The lowest BCUT2D eigenvalue weighted by atomic mass is 10.2. The Balaban J connectivity index is 3.06. The van der Waals surface area contributed by atoms with Gasteiger partial charge >= 0.3 is 0 Å². The van der Waals surface area contributed by atoms with Gasteiger partial charge in [-0.15, -0.1) is 11.3 Å². The minimum Gasteiger partial charge on any atom is -0.397 e. The average Bonchev–Trinajstić information content (AvgIpc) is 2.71. The zero-order valence-corrected chi connectivity index (χ0v) is 12.9. The number of nitrogens with zero attached hydrogens (tertiary/aromatic N) is 1. The second kappa shape index (κ2) is 6.58. The number of likely N-dealkylation sites (N-methyl/N-ethyl adjacent to an activating group) is 1. The molecule has 112 valence electrons. The first-order chi connectivity index (χ1) is 9.29. The third kappa shape index (κ3) is 3.40. The molecular weight excluding hydrogens is 278 g/mol. The fourth-order valence-corrected chi connectivity index (χ4v) is 2.60. The molecule has 0 fully saturated rings. The van der Waals surface area contributed by atoms with E-state index in [9.17, 15) is 9.59 Å². The predicted octanol–water partition coefficient (Wildman–Crippen LogP) is 0.151. The number of nitrogen functional groups attached to an aromatic ring is 1. The minimum atomic E-state index is -0.645. The predicted molar refractivity (Wildman–Crippen MR) is 82.3 cm³/mol. The third-order valence-corrected chi connectivity index (χ3v) is 4.23. The van der Waals surface area contributed by atoms with Gasteiger partial charge in [0.15, 0.2) is 0 Å². The normalized spacial score (nSPS) is 12.2. The average molecular weight is 299 g/mol. The van der Waals surface area contributed by atoms with E-state index in [2.05, 4.69) is 10.6 Å². The van der Waals surface area contributed by atoms with Gasteiger partial charge in [0.25, 0.3) is 11.8 Å². The van der Waals surface area contributed by atoms with Crippen LogP contribution in [-0.4, -0.2) is 50.4 Å². The molecule has 0 radical (unpaired) electrons. The molecule has 7 nitrogen and oxygen atoms in total. The fraction of sp³-hybridized carbons (Fsp3) is 0.500. The first-order valence-corrected chi connectivity index (χ1v) is 6.95. The van der Waals surface area contributed by atoms with E-state index in [4.69, 9.17) is 11.5 Å². The molecule has 1 atom stereocenters. The van der Waals surface area contributed by atoms with Crippen molar-refractivity contribution in [1.29, 1.82) is 0 Å². The summed E-state index contributed by atoms with van der Waals surface area (Å²) < 4.78 is 0. The smallest absolute Gasteiger partial charge is 0.263 e. The Morgan fingerprint density at radius 2 is 2.00 bits per heavy atom. The molecule has 8 heteroatoms. The minimum absolute atomic E-state index is 0.127. The van der Waals surface area contributed by atoms with Crippen molar-refractivity contribution in [1.82, 2.24) is 10.2 Å². The molecule has 1 heterocycles. The van der Waals surface area contributed by atoms with E-state index >= 15 is 0 Å². The van der Waals surface area contributed by atoms with Crippen molar-refractivity contribution in [2.75, 3.05) is 38.7 Å². The lowest BCUT2D eigenvalue weighted by Crippen LogP contribution is -2.31. The number of primary amides is 1. The number of nitrogens with two attached hydrogens (primary N) is 2. The molecule has 1 aromatic heterocycles. The molecule has 0 saturated heterocycles. The second-order valence-electron chi connectivity index (χ2n) is 4.69. The van der Waals surface area contributed by atoms with E-state index in [1.165, 1.54) is 7.05 Å². The summed E-state index contributed by atoms with van der Waals surface area (Å²) in [5.74, 6) is -0.974. The van der Waals surface area contributed by atoms with Crippen LogP contribution in [0.1, 0.15) is 27.0 Å². The topological polar surface area (TPSA) is 113 Å². The second-order valence-corrected chi connectivity index (χ2v) is 5.71. The summed E-state index contributed by atoms with van der Waals surface area (Å²) in [5.41, 5.74) is 11.5. The molecule has 0 saturated carbocycles. The fourth-order valence-electron chi connectivity index (χ4n) is 1.52. The van der Waals surface area contributed by atoms with E-state index in [1.807, 2.05) is 25.9 Å². The van der Waals surface area contributed by atoms with E-state index in [0.29, 0.717) is 16.4 Å². The molecule has 1 aromatic rings. The van der Waals surface area contributed by atoms with Crippen molar-refractivity contribution in [2.24, 2.45) is 5.73 Å². The number of carbonyl (C=O) groups is 2. The Morgan fingerprint density at radius 3 is 2.45 bits per heavy atom. The van der Waals surface area contributed by atoms with Gasteiger partial charge in [-0.1, -0.05) is 0 Å². The van der Waals surface area contributed by atoms with E-state index < -0.39 is 5.91 Å². The molecule has 0 aromatic carbocycles. The Hall–Kier alpha value is -1.80. The van der Waals surface area contributed by atoms with Gasteiger partial charge in [0.05, 0.1) is 11.3 Å². The van der Waals surface area contributed by atoms with Crippen LogP contribution >= 0.6 is 11.3 Å². The highest BCUT2D eigenvalue weighted by Crippen LogP contribution is 2.35. The number of nitrogens with one attached hydrogen (secondary N) is 2. The number of carbonyl (C=O) groups excluding carboxylic acids is 2. The lowest BCUT2D eigenvalue weighted by molar-refractivity contribution is 0.0967. The van der Waals surface area contributed by atoms with Crippen molar-refractivity contribution >= 4 is 33.8 Å². The first kappa shape index (κ1) is 16.3.